The molecule has 184 valence electrons. The zero-order chi connectivity index (χ0) is 25.1. The summed E-state index contributed by atoms with van der Waals surface area (Å²) in [6, 6.07) is 13.3. The van der Waals surface area contributed by atoms with Crippen LogP contribution in [0.1, 0.15) is 49.1 Å². The summed E-state index contributed by atoms with van der Waals surface area (Å²) in [5.74, 6) is -4.54. The Morgan fingerprint density at radius 1 is 0.857 bits per heavy atom. The predicted molar refractivity (Wildman–Crippen MR) is 124 cm³/mol. The molecule has 0 radical (unpaired) electrons. The number of carbonyl (C=O) groups is 4. The lowest BCUT2D eigenvalue weighted by Gasteiger charge is -2.38. The third-order valence-electron chi connectivity index (χ3n) is 6.98. The van der Waals surface area contributed by atoms with Crippen LogP contribution in [0.4, 0.5) is 4.79 Å². The highest BCUT2D eigenvalue weighted by atomic mass is 16.6. The number of hydrogen-bond donors (Lipinski definition) is 3. The molecule has 0 bridgehead atoms. The van der Waals surface area contributed by atoms with Crippen LogP contribution >= 0.6 is 0 Å². The molecule has 2 aromatic carbocycles. The Hall–Kier alpha value is -3.88. The number of carboxylic acids is 3. The molecule has 9 heteroatoms. The van der Waals surface area contributed by atoms with Crippen LogP contribution in [0.3, 0.4) is 0 Å². The summed E-state index contributed by atoms with van der Waals surface area (Å²) in [4.78, 5) is 49.0. The molecular formula is C26H27NO8. The van der Waals surface area contributed by atoms with E-state index >= 15 is 0 Å². The van der Waals surface area contributed by atoms with E-state index in [0.29, 0.717) is 0 Å². The molecule has 9 nitrogen and oxygen atoms in total. The standard InChI is InChI=1S/C26H27NO8/c28-23(29)13-22(25(32)33)27(16-11-9-15(10-12-16)24(30)31)26(34)35-14-21-19-7-3-1-5-17(19)18-6-2-4-8-20(18)21/h1-8,15-16,21-22H,9-14H2,(H,28,29)(H,30,31)(H,32,33)/t15?,16?,22-/m0/s1. The minimum absolute atomic E-state index is 0.0345. The smallest absolute Gasteiger partial charge is 0.410 e. The van der Waals surface area contributed by atoms with Crippen molar-refractivity contribution in [3.8, 4) is 11.1 Å². The highest BCUT2D eigenvalue weighted by Crippen LogP contribution is 2.44. The number of amides is 1. The zero-order valence-electron chi connectivity index (χ0n) is 19.0. The van der Waals surface area contributed by atoms with Gasteiger partial charge in [-0.2, -0.15) is 0 Å². The molecule has 2 aliphatic carbocycles. The Kier molecular flexibility index (Phi) is 7.04. The number of benzene rings is 2. The normalized spacial score (nSPS) is 19.8. The molecule has 35 heavy (non-hydrogen) atoms. The fraction of sp³-hybridized carbons (Fsp3) is 0.385. The molecule has 1 atom stereocenters. The zero-order valence-corrected chi connectivity index (χ0v) is 19.0. The summed E-state index contributed by atoms with van der Waals surface area (Å²) < 4.78 is 5.66. The summed E-state index contributed by atoms with van der Waals surface area (Å²) in [7, 11) is 0. The van der Waals surface area contributed by atoms with Gasteiger partial charge in [-0.05, 0) is 47.9 Å². The van der Waals surface area contributed by atoms with E-state index < -0.39 is 48.4 Å². The van der Waals surface area contributed by atoms with Gasteiger partial charge in [-0.15, -0.1) is 0 Å². The fourth-order valence-electron chi connectivity index (χ4n) is 5.27. The van der Waals surface area contributed by atoms with Crippen molar-refractivity contribution in [1.82, 2.24) is 4.90 Å². The highest BCUT2D eigenvalue weighted by molar-refractivity contribution is 5.85. The van der Waals surface area contributed by atoms with Crippen molar-refractivity contribution < 1.29 is 39.2 Å². The van der Waals surface area contributed by atoms with Crippen molar-refractivity contribution in [3.05, 3.63) is 59.7 Å². The largest absolute Gasteiger partial charge is 0.481 e. The predicted octanol–water partition coefficient (Wildman–Crippen LogP) is 3.81. The van der Waals surface area contributed by atoms with Crippen LogP contribution in [0.15, 0.2) is 48.5 Å². The maximum atomic E-state index is 13.3. The van der Waals surface area contributed by atoms with Gasteiger partial charge in [-0.1, -0.05) is 48.5 Å². The van der Waals surface area contributed by atoms with Crippen LogP contribution in [-0.4, -0.2) is 62.9 Å². The van der Waals surface area contributed by atoms with Crippen molar-refractivity contribution in [2.24, 2.45) is 5.92 Å². The number of hydrogen-bond acceptors (Lipinski definition) is 5. The number of aliphatic carboxylic acids is 3. The van der Waals surface area contributed by atoms with Crippen LogP contribution < -0.4 is 0 Å². The molecule has 4 rings (SSSR count). The Labute approximate surface area is 201 Å². The van der Waals surface area contributed by atoms with E-state index in [0.717, 1.165) is 27.2 Å². The molecule has 0 unspecified atom stereocenters. The Morgan fingerprint density at radius 2 is 1.40 bits per heavy atom. The van der Waals surface area contributed by atoms with Crippen molar-refractivity contribution in [3.63, 3.8) is 0 Å². The van der Waals surface area contributed by atoms with E-state index in [1.807, 2.05) is 48.5 Å². The SMILES string of the molecule is O=C(O)C[C@@H](C(=O)O)N(C(=O)OCC1c2ccccc2-c2ccccc21)C1CCC(C(=O)O)CC1. The van der Waals surface area contributed by atoms with Crippen LogP contribution in [-0.2, 0) is 19.1 Å². The van der Waals surface area contributed by atoms with Gasteiger partial charge >= 0.3 is 24.0 Å². The van der Waals surface area contributed by atoms with Crippen LogP contribution in [0.2, 0.25) is 0 Å². The lowest BCUT2D eigenvalue weighted by Crippen LogP contribution is -2.53. The molecule has 3 N–H and O–H groups in total. The number of rotatable bonds is 8. The second kappa shape index (κ2) is 10.2. The minimum Gasteiger partial charge on any atom is -0.481 e. The van der Waals surface area contributed by atoms with Crippen molar-refractivity contribution >= 4 is 24.0 Å². The Bertz CT molecular complexity index is 1090. The van der Waals surface area contributed by atoms with E-state index in [1.54, 1.807) is 0 Å². The molecular weight excluding hydrogens is 454 g/mol. The molecule has 0 heterocycles. The first-order chi connectivity index (χ1) is 16.8. The number of fused-ring (bicyclic) bond motifs is 3. The van der Waals surface area contributed by atoms with Crippen molar-refractivity contribution in [2.45, 2.75) is 50.1 Å². The van der Waals surface area contributed by atoms with Crippen LogP contribution in [0, 0.1) is 5.92 Å². The average molecular weight is 482 g/mol. The van der Waals surface area contributed by atoms with Gasteiger partial charge in [-0.25, -0.2) is 9.59 Å². The molecule has 0 aliphatic heterocycles. The van der Waals surface area contributed by atoms with Gasteiger partial charge in [0.25, 0.3) is 0 Å². The van der Waals surface area contributed by atoms with Gasteiger partial charge in [0, 0.05) is 12.0 Å². The quantitative estimate of drug-likeness (QED) is 0.517. The summed E-state index contributed by atoms with van der Waals surface area (Å²) in [5.41, 5.74) is 4.08. The molecule has 1 fully saturated rings. The first kappa shape index (κ1) is 24.3. The molecule has 2 aliphatic rings. The molecule has 2 aromatic rings. The third-order valence-corrected chi connectivity index (χ3v) is 6.98. The second-order valence-electron chi connectivity index (χ2n) is 9.01. The first-order valence-electron chi connectivity index (χ1n) is 11.6. The maximum Gasteiger partial charge on any atom is 0.410 e. The monoisotopic (exact) mass is 481 g/mol. The van der Waals surface area contributed by atoms with E-state index in [2.05, 4.69) is 0 Å². The molecule has 1 amide bonds. The lowest BCUT2D eigenvalue weighted by atomic mass is 9.85. The summed E-state index contributed by atoms with van der Waals surface area (Å²) in [5, 5.41) is 28.3. The van der Waals surface area contributed by atoms with Crippen molar-refractivity contribution in [1.29, 1.82) is 0 Å². The van der Waals surface area contributed by atoms with Gasteiger partial charge < -0.3 is 20.1 Å². The summed E-state index contributed by atoms with van der Waals surface area (Å²) >= 11 is 0. The first-order valence-corrected chi connectivity index (χ1v) is 11.6. The van der Waals surface area contributed by atoms with Gasteiger partial charge in [-0.3, -0.25) is 14.5 Å². The van der Waals surface area contributed by atoms with Crippen LogP contribution in [0.25, 0.3) is 11.1 Å². The topological polar surface area (TPSA) is 141 Å². The van der Waals surface area contributed by atoms with Crippen molar-refractivity contribution in [2.75, 3.05) is 6.61 Å². The fourth-order valence-corrected chi connectivity index (χ4v) is 5.27. The highest BCUT2D eigenvalue weighted by Gasteiger charge is 2.41. The second-order valence-corrected chi connectivity index (χ2v) is 9.01. The molecule has 0 spiro atoms. The Morgan fingerprint density at radius 3 is 1.89 bits per heavy atom. The third kappa shape index (κ3) is 4.99. The lowest BCUT2D eigenvalue weighted by molar-refractivity contribution is -0.150. The number of nitrogens with zero attached hydrogens (tertiary/aromatic N) is 1. The van der Waals surface area contributed by atoms with Gasteiger partial charge in [0.2, 0.25) is 0 Å². The number of carbonyl (C=O) groups excluding carboxylic acids is 1. The molecule has 1 saturated carbocycles. The maximum absolute atomic E-state index is 13.3. The number of ether oxygens (including phenoxy) is 1. The van der Waals surface area contributed by atoms with E-state index in [4.69, 9.17) is 4.74 Å². The van der Waals surface area contributed by atoms with Gasteiger partial charge in [0.05, 0.1) is 12.3 Å². The van der Waals surface area contributed by atoms with E-state index in [9.17, 15) is 34.5 Å². The Balaban J connectivity index is 1.56. The van der Waals surface area contributed by atoms with Gasteiger partial charge in [0.1, 0.15) is 12.6 Å². The van der Waals surface area contributed by atoms with Crippen LogP contribution in [0.5, 0.6) is 0 Å². The summed E-state index contributed by atoms with van der Waals surface area (Å²) in [6.45, 7) is -0.0345. The summed E-state index contributed by atoms with van der Waals surface area (Å²) in [6.07, 6.45) is -0.633. The number of carboxylic acid groups (broad SMARTS) is 3. The minimum atomic E-state index is -1.62. The van der Waals surface area contributed by atoms with E-state index in [-0.39, 0.29) is 38.2 Å². The molecule has 0 aromatic heterocycles. The van der Waals surface area contributed by atoms with E-state index in [1.165, 1.54) is 0 Å². The molecule has 0 saturated heterocycles. The van der Waals surface area contributed by atoms with Gasteiger partial charge in [0.15, 0.2) is 0 Å². The average Bonchev–Trinajstić information content (AvgIpc) is 3.16.